The number of hydrogen-bond acceptors (Lipinski definition) is 6. The monoisotopic (exact) mass is 358 g/mol. The van der Waals surface area contributed by atoms with Crippen LogP contribution in [0.5, 0.6) is 0 Å². The number of sulfonamides is 1. The van der Waals surface area contributed by atoms with Gasteiger partial charge in [0.25, 0.3) is 10.0 Å². The molecule has 3 aromatic rings. The zero-order chi connectivity index (χ0) is 18.0. The summed E-state index contributed by atoms with van der Waals surface area (Å²) < 4.78 is 27.3. The maximum Gasteiger partial charge on any atom is 0.266 e. The van der Waals surface area contributed by atoms with Crippen molar-refractivity contribution in [3.05, 3.63) is 53.3 Å². The fourth-order valence-electron chi connectivity index (χ4n) is 2.45. The normalized spacial score (nSPS) is 11.3. The van der Waals surface area contributed by atoms with E-state index in [4.69, 9.17) is 0 Å². The van der Waals surface area contributed by atoms with Crippen molar-refractivity contribution in [2.75, 3.05) is 10.0 Å². The van der Waals surface area contributed by atoms with E-state index in [9.17, 15) is 8.42 Å². The maximum atomic E-state index is 12.5. The number of H-pyrrole nitrogens is 1. The first-order valence-electron chi connectivity index (χ1n) is 7.57. The zero-order valence-corrected chi connectivity index (χ0v) is 14.8. The van der Waals surface area contributed by atoms with E-state index < -0.39 is 10.0 Å². The summed E-state index contributed by atoms with van der Waals surface area (Å²) >= 11 is 0. The molecule has 0 unspecified atom stereocenters. The predicted octanol–water partition coefficient (Wildman–Crippen LogP) is 2.67. The van der Waals surface area contributed by atoms with Crippen molar-refractivity contribution in [1.82, 2.24) is 20.4 Å². The SMILES string of the molecule is Cc1cccc(Nc2ccc(NS(=O)(=O)c3c(C)n[nH]c3C)nn2)c1. The molecule has 0 saturated carbocycles. The first-order valence-corrected chi connectivity index (χ1v) is 9.05. The van der Waals surface area contributed by atoms with E-state index in [0.29, 0.717) is 17.2 Å². The second-order valence-electron chi connectivity index (χ2n) is 5.67. The lowest BCUT2D eigenvalue weighted by Crippen LogP contribution is -2.16. The second-order valence-corrected chi connectivity index (χ2v) is 7.29. The zero-order valence-electron chi connectivity index (χ0n) is 14.0. The first-order chi connectivity index (χ1) is 11.8. The van der Waals surface area contributed by atoms with Crippen LogP contribution in [0, 0.1) is 20.8 Å². The smallest absolute Gasteiger partial charge is 0.266 e. The van der Waals surface area contributed by atoms with Crippen molar-refractivity contribution >= 4 is 27.3 Å². The molecule has 3 N–H and O–H groups in total. The molecular weight excluding hydrogens is 340 g/mol. The highest BCUT2D eigenvalue weighted by Crippen LogP contribution is 2.20. The number of benzene rings is 1. The van der Waals surface area contributed by atoms with Crippen molar-refractivity contribution < 1.29 is 8.42 Å². The number of hydrogen-bond donors (Lipinski definition) is 3. The molecular formula is C16H18N6O2S. The van der Waals surface area contributed by atoms with Gasteiger partial charge in [-0.05, 0) is 50.6 Å². The largest absolute Gasteiger partial charge is 0.339 e. The Hall–Kier alpha value is -2.94. The van der Waals surface area contributed by atoms with Gasteiger partial charge in [0, 0.05) is 5.69 Å². The summed E-state index contributed by atoms with van der Waals surface area (Å²) in [6.07, 6.45) is 0. The summed E-state index contributed by atoms with van der Waals surface area (Å²) in [4.78, 5) is 0.122. The van der Waals surface area contributed by atoms with Crippen LogP contribution in [0.2, 0.25) is 0 Å². The molecule has 2 heterocycles. The van der Waals surface area contributed by atoms with E-state index in [1.54, 1.807) is 26.0 Å². The van der Waals surface area contributed by atoms with Crippen molar-refractivity contribution in [2.24, 2.45) is 0 Å². The Kier molecular flexibility index (Phi) is 4.41. The molecule has 2 aromatic heterocycles. The third-order valence-electron chi connectivity index (χ3n) is 3.52. The molecule has 0 spiro atoms. The molecule has 0 atom stereocenters. The van der Waals surface area contributed by atoms with Gasteiger partial charge in [-0.3, -0.25) is 9.82 Å². The van der Waals surface area contributed by atoms with Gasteiger partial charge < -0.3 is 5.32 Å². The van der Waals surface area contributed by atoms with E-state index in [1.165, 1.54) is 0 Å². The molecule has 0 aliphatic heterocycles. The van der Waals surface area contributed by atoms with Crippen LogP contribution in [0.3, 0.4) is 0 Å². The fraction of sp³-hybridized carbons (Fsp3) is 0.188. The topological polar surface area (TPSA) is 113 Å². The van der Waals surface area contributed by atoms with Gasteiger partial charge in [0.2, 0.25) is 0 Å². The van der Waals surface area contributed by atoms with Crippen molar-refractivity contribution in [3.8, 4) is 0 Å². The third-order valence-corrected chi connectivity index (χ3v) is 5.14. The Bertz CT molecular complexity index is 976. The highest BCUT2D eigenvalue weighted by atomic mass is 32.2. The minimum atomic E-state index is -3.78. The van der Waals surface area contributed by atoms with E-state index in [1.807, 2.05) is 31.2 Å². The predicted molar refractivity (Wildman–Crippen MR) is 95.4 cm³/mol. The molecule has 0 bridgehead atoms. The molecule has 8 nitrogen and oxygen atoms in total. The van der Waals surface area contributed by atoms with Crippen LogP contribution in [0.25, 0.3) is 0 Å². The van der Waals surface area contributed by atoms with Crippen LogP contribution >= 0.6 is 0 Å². The van der Waals surface area contributed by atoms with Crippen LogP contribution in [0.4, 0.5) is 17.3 Å². The van der Waals surface area contributed by atoms with Crippen molar-refractivity contribution in [2.45, 2.75) is 25.7 Å². The van der Waals surface area contributed by atoms with Gasteiger partial charge in [-0.2, -0.15) is 5.10 Å². The second kappa shape index (κ2) is 6.52. The molecule has 0 fully saturated rings. The number of anilines is 3. The van der Waals surface area contributed by atoms with Gasteiger partial charge in [-0.25, -0.2) is 8.42 Å². The van der Waals surface area contributed by atoms with Gasteiger partial charge in [-0.15, -0.1) is 10.2 Å². The molecule has 3 rings (SSSR count). The molecule has 0 aliphatic rings. The third kappa shape index (κ3) is 3.77. The van der Waals surface area contributed by atoms with Gasteiger partial charge in [0.15, 0.2) is 11.6 Å². The standard InChI is InChI=1S/C16H18N6O2S/c1-10-5-4-6-13(9-10)17-14-7-8-15(21-20-14)22-25(23,24)16-11(2)18-19-12(16)3/h4-9H,1-3H3,(H,17,20)(H,18,19)(H,21,22). The van der Waals surface area contributed by atoms with Gasteiger partial charge >= 0.3 is 0 Å². The Morgan fingerprint density at radius 1 is 1.00 bits per heavy atom. The maximum absolute atomic E-state index is 12.5. The Morgan fingerprint density at radius 3 is 2.32 bits per heavy atom. The lowest BCUT2D eigenvalue weighted by Gasteiger charge is -2.09. The molecule has 1 aromatic carbocycles. The summed E-state index contributed by atoms with van der Waals surface area (Å²) in [6.45, 7) is 5.27. The number of aryl methyl sites for hydroxylation is 3. The minimum absolute atomic E-state index is 0.122. The average molecular weight is 358 g/mol. The highest BCUT2D eigenvalue weighted by Gasteiger charge is 2.22. The quantitative estimate of drug-likeness (QED) is 0.646. The van der Waals surface area contributed by atoms with Crippen molar-refractivity contribution in [1.29, 1.82) is 0 Å². The molecule has 130 valence electrons. The van der Waals surface area contributed by atoms with Crippen molar-refractivity contribution in [3.63, 3.8) is 0 Å². The Morgan fingerprint density at radius 2 is 1.72 bits per heavy atom. The fourth-order valence-corrected chi connectivity index (χ4v) is 3.82. The summed E-state index contributed by atoms with van der Waals surface area (Å²) in [7, 11) is -3.78. The summed E-state index contributed by atoms with van der Waals surface area (Å²) in [5.74, 6) is 0.652. The number of rotatable bonds is 5. The number of nitrogens with zero attached hydrogens (tertiary/aromatic N) is 3. The summed E-state index contributed by atoms with van der Waals surface area (Å²) in [6, 6.07) is 11.0. The molecule has 0 amide bonds. The molecule has 9 heteroatoms. The Balaban J connectivity index is 1.77. The van der Waals surface area contributed by atoms with Gasteiger partial charge in [0.05, 0.1) is 11.4 Å². The first kappa shape index (κ1) is 16.9. The van der Waals surface area contributed by atoms with Crippen LogP contribution in [0.15, 0.2) is 41.3 Å². The Labute approximate surface area is 145 Å². The van der Waals surface area contributed by atoms with E-state index in [0.717, 1.165) is 11.3 Å². The lowest BCUT2D eigenvalue weighted by atomic mass is 10.2. The van der Waals surface area contributed by atoms with E-state index >= 15 is 0 Å². The summed E-state index contributed by atoms with van der Waals surface area (Å²) in [5, 5.41) is 17.6. The molecule has 0 aliphatic carbocycles. The van der Waals surface area contributed by atoms with Crippen LogP contribution < -0.4 is 10.0 Å². The minimum Gasteiger partial charge on any atom is -0.339 e. The highest BCUT2D eigenvalue weighted by molar-refractivity contribution is 7.92. The van der Waals surface area contributed by atoms with E-state index in [-0.39, 0.29) is 10.7 Å². The lowest BCUT2D eigenvalue weighted by molar-refractivity contribution is 0.600. The average Bonchev–Trinajstić information content (AvgIpc) is 2.89. The van der Waals surface area contributed by atoms with Crippen LogP contribution in [-0.4, -0.2) is 28.8 Å². The summed E-state index contributed by atoms with van der Waals surface area (Å²) in [5.41, 5.74) is 2.87. The van der Waals surface area contributed by atoms with Gasteiger partial charge in [-0.1, -0.05) is 12.1 Å². The molecule has 0 radical (unpaired) electrons. The molecule has 0 saturated heterocycles. The van der Waals surface area contributed by atoms with Crippen LogP contribution in [0.1, 0.15) is 17.0 Å². The number of aromatic amines is 1. The van der Waals surface area contributed by atoms with E-state index in [2.05, 4.69) is 30.4 Å². The number of nitrogens with one attached hydrogen (secondary N) is 3. The number of aromatic nitrogens is 4. The van der Waals surface area contributed by atoms with Crippen LogP contribution in [-0.2, 0) is 10.0 Å². The van der Waals surface area contributed by atoms with Gasteiger partial charge in [0.1, 0.15) is 4.90 Å². The molecule has 25 heavy (non-hydrogen) atoms.